The van der Waals surface area contributed by atoms with Crippen molar-refractivity contribution in [1.82, 2.24) is 0 Å². The fourth-order valence-electron chi connectivity index (χ4n) is 7.00. The van der Waals surface area contributed by atoms with Crippen LogP contribution in [0.2, 0.25) is 0 Å². The van der Waals surface area contributed by atoms with Gasteiger partial charge in [-0.2, -0.15) is 0 Å². The highest BCUT2D eigenvalue weighted by Gasteiger charge is 2.24. The third-order valence-electron chi connectivity index (χ3n) is 8.50. The van der Waals surface area contributed by atoms with E-state index >= 15 is 0 Å². The number of ether oxygens (including phenoxy) is 4. The van der Waals surface area contributed by atoms with Crippen molar-refractivity contribution in [2.45, 2.75) is 0 Å². The SMILES string of the molecule is COc1c(OC)c2cccc3c(-c4cc5cccc6c(OC)c(OC)c7cccc4c7c56)cc4cccc1c4c32. The zero-order chi connectivity index (χ0) is 27.1. The molecule has 0 saturated heterocycles. The summed E-state index contributed by atoms with van der Waals surface area (Å²) in [6.07, 6.45) is 0. The van der Waals surface area contributed by atoms with Crippen LogP contribution in [0.3, 0.4) is 0 Å². The van der Waals surface area contributed by atoms with Gasteiger partial charge >= 0.3 is 0 Å². The van der Waals surface area contributed by atoms with Gasteiger partial charge in [-0.25, -0.2) is 0 Å². The first-order chi connectivity index (χ1) is 19.7. The van der Waals surface area contributed by atoms with E-state index in [1.165, 1.54) is 54.2 Å². The zero-order valence-electron chi connectivity index (χ0n) is 22.7. The Bertz CT molecular complexity index is 2100. The molecule has 0 heterocycles. The predicted molar refractivity (Wildman–Crippen MR) is 165 cm³/mol. The van der Waals surface area contributed by atoms with Crippen molar-refractivity contribution < 1.29 is 18.9 Å². The van der Waals surface area contributed by atoms with E-state index in [1.807, 2.05) is 0 Å². The molecule has 0 radical (unpaired) electrons. The minimum absolute atomic E-state index is 0.761. The maximum atomic E-state index is 5.95. The van der Waals surface area contributed by atoms with E-state index in [0.717, 1.165) is 44.5 Å². The monoisotopic (exact) mass is 522 g/mol. The number of methoxy groups -OCH3 is 4. The molecule has 194 valence electrons. The molecular formula is C36H26O4. The summed E-state index contributed by atoms with van der Waals surface area (Å²) < 4.78 is 23.7. The minimum atomic E-state index is 0.761. The Labute approximate surface area is 230 Å². The molecule has 0 atom stereocenters. The average Bonchev–Trinajstić information content (AvgIpc) is 3.01. The van der Waals surface area contributed by atoms with E-state index < -0.39 is 0 Å². The highest BCUT2D eigenvalue weighted by atomic mass is 16.5. The zero-order valence-corrected chi connectivity index (χ0v) is 22.7. The molecule has 8 aromatic carbocycles. The second-order valence-electron chi connectivity index (χ2n) is 10.2. The van der Waals surface area contributed by atoms with Gasteiger partial charge in [0.05, 0.1) is 28.4 Å². The summed E-state index contributed by atoms with van der Waals surface area (Å²) in [6.45, 7) is 0. The number of hydrogen-bond acceptors (Lipinski definition) is 4. The van der Waals surface area contributed by atoms with Gasteiger partial charge in [0, 0.05) is 43.1 Å². The summed E-state index contributed by atoms with van der Waals surface area (Å²) in [5.74, 6) is 3.06. The lowest BCUT2D eigenvalue weighted by atomic mass is 9.84. The Hall–Kier alpha value is -4.96. The van der Waals surface area contributed by atoms with Gasteiger partial charge in [-0.3, -0.25) is 0 Å². The van der Waals surface area contributed by atoms with Gasteiger partial charge in [-0.15, -0.1) is 0 Å². The van der Waals surface area contributed by atoms with Gasteiger partial charge in [0.25, 0.3) is 0 Å². The molecule has 0 aliphatic carbocycles. The van der Waals surface area contributed by atoms with Gasteiger partial charge in [-0.1, -0.05) is 72.8 Å². The molecule has 0 aromatic heterocycles. The molecule has 0 unspecified atom stereocenters. The van der Waals surface area contributed by atoms with Crippen LogP contribution >= 0.6 is 0 Å². The average molecular weight is 523 g/mol. The molecule has 8 aromatic rings. The lowest BCUT2D eigenvalue weighted by Crippen LogP contribution is -1.97. The highest BCUT2D eigenvalue weighted by Crippen LogP contribution is 2.52. The number of rotatable bonds is 5. The lowest BCUT2D eigenvalue weighted by Gasteiger charge is -2.22. The Balaban J connectivity index is 1.60. The van der Waals surface area contributed by atoms with Crippen LogP contribution in [-0.2, 0) is 0 Å². The van der Waals surface area contributed by atoms with Crippen LogP contribution in [0.1, 0.15) is 0 Å². The summed E-state index contributed by atoms with van der Waals surface area (Å²) in [6, 6.07) is 30.4. The first kappa shape index (κ1) is 23.0. The van der Waals surface area contributed by atoms with Crippen LogP contribution in [-0.4, -0.2) is 28.4 Å². The van der Waals surface area contributed by atoms with E-state index in [4.69, 9.17) is 18.9 Å². The molecule has 0 spiro atoms. The third-order valence-corrected chi connectivity index (χ3v) is 8.50. The quantitative estimate of drug-likeness (QED) is 0.211. The van der Waals surface area contributed by atoms with E-state index in [9.17, 15) is 0 Å². The number of benzene rings is 8. The molecule has 0 aliphatic heterocycles. The Morgan fingerprint density at radius 1 is 0.350 bits per heavy atom. The largest absolute Gasteiger partial charge is 0.492 e. The molecule has 0 fully saturated rings. The van der Waals surface area contributed by atoms with Crippen molar-refractivity contribution in [3.8, 4) is 34.1 Å². The molecule has 0 amide bonds. The van der Waals surface area contributed by atoms with Crippen molar-refractivity contribution >= 4 is 64.6 Å². The van der Waals surface area contributed by atoms with E-state index in [-0.39, 0.29) is 0 Å². The number of hydrogen-bond donors (Lipinski definition) is 0. The molecule has 0 N–H and O–H groups in total. The van der Waals surface area contributed by atoms with Gasteiger partial charge in [0.2, 0.25) is 0 Å². The van der Waals surface area contributed by atoms with Crippen LogP contribution < -0.4 is 18.9 Å². The molecular weight excluding hydrogens is 496 g/mol. The van der Waals surface area contributed by atoms with Crippen LogP contribution in [0.5, 0.6) is 23.0 Å². The molecule has 0 bridgehead atoms. The van der Waals surface area contributed by atoms with Crippen molar-refractivity contribution in [3.05, 3.63) is 84.9 Å². The highest BCUT2D eigenvalue weighted by molar-refractivity contribution is 6.33. The van der Waals surface area contributed by atoms with Crippen LogP contribution in [0.25, 0.3) is 75.8 Å². The first-order valence-corrected chi connectivity index (χ1v) is 13.3. The fraction of sp³-hybridized carbons (Fsp3) is 0.111. The van der Waals surface area contributed by atoms with Crippen molar-refractivity contribution in [1.29, 1.82) is 0 Å². The summed E-state index contributed by atoms with van der Waals surface area (Å²) in [4.78, 5) is 0. The maximum Gasteiger partial charge on any atom is 0.169 e. The van der Waals surface area contributed by atoms with Crippen LogP contribution in [0.4, 0.5) is 0 Å². The molecule has 40 heavy (non-hydrogen) atoms. The fourth-order valence-corrected chi connectivity index (χ4v) is 7.00. The van der Waals surface area contributed by atoms with Gasteiger partial charge < -0.3 is 18.9 Å². The second-order valence-corrected chi connectivity index (χ2v) is 10.2. The van der Waals surface area contributed by atoms with Gasteiger partial charge in [-0.05, 0) is 44.8 Å². The summed E-state index contributed by atoms with van der Waals surface area (Å²) >= 11 is 0. The molecule has 4 nitrogen and oxygen atoms in total. The Morgan fingerprint density at radius 2 is 0.650 bits per heavy atom. The molecule has 4 heteroatoms. The van der Waals surface area contributed by atoms with Crippen LogP contribution in [0.15, 0.2) is 84.9 Å². The summed E-state index contributed by atoms with van der Waals surface area (Å²) in [5, 5.41) is 13.7. The standard InChI is InChI=1S/C36H26O4/c1-37-33-23-13-5-9-19-17-27(21-11-7-15-25(35(33)39-3)31(21)29(19)23)28-18-20-10-6-14-24-30(20)32-22(28)12-8-16-26(32)36(40-4)34(24)38-2/h5-18H,1-4H3. The van der Waals surface area contributed by atoms with E-state index in [1.54, 1.807) is 28.4 Å². The normalized spacial score (nSPS) is 12.0. The van der Waals surface area contributed by atoms with Crippen LogP contribution in [0, 0.1) is 0 Å². The van der Waals surface area contributed by atoms with E-state index in [0.29, 0.717) is 0 Å². The van der Waals surface area contributed by atoms with Gasteiger partial charge in [0.15, 0.2) is 23.0 Å². The smallest absolute Gasteiger partial charge is 0.169 e. The first-order valence-electron chi connectivity index (χ1n) is 13.3. The third kappa shape index (κ3) is 2.75. The minimum Gasteiger partial charge on any atom is -0.492 e. The second kappa shape index (κ2) is 8.27. The maximum absolute atomic E-state index is 5.95. The lowest BCUT2D eigenvalue weighted by molar-refractivity contribution is 0.362. The predicted octanol–water partition coefficient (Wildman–Crippen LogP) is 9.18. The summed E-state index contributed by atoms with van der Waals surface area (Å²) in [5.41, 5.74) is 2.37. The van der Waals surface area contributed by atoms with Crippen molar-refractivity contribution in [3.63, 3.8) is 0 Å². The van der Waals surface area contributed by atoms with Gasteiger partial charge in [0.1, 0.15) is 0 Å². The van der Waals surface area contributed by atoms with E-state index in [2.05, 4.69) is 84.9 Å². The molecule has 0 saturated carbocycles. The topological polar surface area (TPSA) is 36.9 Å². The van der Waals surface area contributed by atoms with Crippen molar-refractivity contribution in [2.75, 3.05) is 28.4 Å². The Kier molecular flexibility index (Phi) is 4.75. The molecule has 0 aliphatic rings. The van der Waals surface area contributed by atoms with Crippen molar-refractivity contribution in [2.24, 2.45) is 0 Å². The molecule has 8 rings (SSSR count). The Morgan fingerprint density at radius 3 is 1.00 bits per heavy atom. The summed E-state index contributed by atoms with van der Waals surface area (Å²) in [7, 11) is 6.85.